The average Bonchev–Trinajstić information content (AvgIpc) is 2.31. The number of carbonyl (C=O) groups is 1. The number of hydrogen-bond donors (Lipinski definition) is 2. The van der Waals surface area contributed by atoms with E-state index in [1.165, 1.54) is 24.8 Å². The highest BCUT2D eigenvalue weighted by Crippen LogP contribution is 2.34. The second-order valence-corrected chi connectivity index (χ2v) is 5.26. The molecule has 98 valence electrons. The summed E-state index contributed by atoms with van der Waals surface area (Å²) in [6.07, 6.45) is 4.77. The van der Waals surface area contributed by atoms with Crippen molar-refractivity contribution in [3.05, 3.63) is 29.8 Å². The van der Waals surface area contributed by atoms with Gasteiger partial charge in [-0.25, -0.2) is 0 Å². The van der Waals surface area contributed by atoms with Crippen LogP contribution in [0.4, 0.5) is 5.69 Å². The first-order valence-electron chi connectivity index (χ1n) is 6.75. The van der Waals surface area contributed by atoms with Crippen LogP contribution in [-0.4, -0.2) is 18.0 Å². The Bertz CT molecular complexity index is 401. The fourth-order valence-corrected chi connectivity index (χ4v) is 2.37. The van der Waals surface area contributed by atoms with E-state index >= 15 is 0 Å². The average molecular weight is 246 g/mol. The van der Waals surface area contributed by atoms with E-state index in [9.17, 15) is 4.79 Å². The number of nitrogens with one attached hydrogen (secondary N) is 2. The van der Waals surface area contributed by atoms with Crippen LogP contribution in [0.1, 0.15) is 38.2 Å². The number of carbonyl (C=O) groups excluding carboxylic acids is 1. The van der Waals surface area contributed by atoms with Crippen molar-refractivity contribution in [2.45, 2.75) is 45.1 Å². The Kier molecular flexibility index (Phi) is 4.02. The monoisotopic (exact) mass is 246 g/mol. The van der Waals surface area contributed by atoms with Gasteiger partial charge in [-0.1, -0.05) is 24.6 Å². The van der Waals surface area contributed by atoms with E-state index in [2.05, 4.69) is 17.6 Å². The Balaban J connectivity index is 1.80. The normalized spacial score (nSPS) is 17.0. The Morgan fingerprint density at radius 1 is 1.28 bits per heavy atom. The van der Waals surface area contributed by atoms with Crippen LogP contribution in [0.25, 0.3) is 0 Å². The Hall–Kier alpha value is -1.35. The molecular weight excluding hydrogens is 224 g/mol. The maximum Gasteiger partial charge on any atom is 0.238 e. The number of rotatable bonds is 5. The number of anilines is 1. The minimum atomic E-state index is 0.0404. The molecule has 0 aliphatic heterocycles. The van der Waals surface area contributed by atoms with Gasteiger partial charge in [-0.2, -0.15) is 0 Å². The quantitative estimate of drug-likeness (QED) is 0.838. The fraction of sp³-hybridized carbons (Fsp3) is 0.533. The highest BCUT2D eigenvalue weighted by Gasteiger charge is 2.34. The summed E-state index contributed by atoms with van der Waals surface area (Å²) in [7, 11) is 0. The molecule has 0 radical (unpaired) electrons. The molecule has 1 amide bonds. The van der Waals surface area contributed by atoms with Crippen molar-refractivity contribution in [2.24, 2.45) is 0 Å². The van der Waals surface area contributed by atoms with Crippen molar-refractivity contribution < 1.29 is 4.79 Å². The topological polar surface area (TPSA) is 41.1 Å². The molecule has 2 N–H and O–H groups in total. The molecule has 3 nitrogen and oxygen atoms in total. The molecule has 1 saturated carbocycles. The smallest absolute Gasteiger partial charge is 0.238 e. The highest BCUT2D eigenvalue weighted by molar-refractivity contribution is 5.92. The molecule has 1 aromatic rings. The molecule has 0 spiro atoms. The van der Waals surface area contributed by atoms with Crippen molar-refractivity contribution in [1.82, 2.24) is 5.32 Å². The van der Waals surface area contributed by atoms with E-state index in [-0.39, 0.29) is 11.4 Å². The minimum absolute atomic E-state index is 0.0404. The predicted molar refractivity (Wildman–Crippen MR) is 74.7 cm³/mol. The van der Waals surface area contributed by atoms with Crippen LogP contribution in [0, 0.1) is 6.92 Å². The second-order valence-electron chi connectivity index (χ2n) is 5.26. The zero-order chi connectivity index (χ0) is 13.0. The molecule has 0 aromatic heterocycles. The first kappa shape index (κ1) is 13.1. The molecule has 0 bridgehead atoms. The molecule has 1 fully saturated rings. The van der Waals surface area contributed by atoms with Gasteiger partial charge in [0, 0.05) is 11.2 Å². The molecule has 1 aromatic carbocycles. The van der Waals surface area contributed by atoms with E-state index in [4.69, 9.17) is 0 Å². The Morgan fingerprint density at radius 3 is 2.44 bits per heavy atom. The number of amides is 1. The second kappa shape index (κ2) is 5.53. The minimum Gasteiger partial charge on any atom is -0.325 e. The Morgan fingerprint density at radius 2 is 1.94 bits per heavy atom. The summed E-state index contributed by atoms with van der Waals surface area (Å²) in [4.78, 5) is 11.8. The van der Waals surface area contributed by atoms with Gasteiger partial charge < -0.3 is 10.6 Å². The molecule has 0 atom stereocenters. The third-order valence-corrected chi connectivity index (χ3v) is 3.95. The van der Waals surface area contributed by atoms with E-state index < -0.39 is 0 Å². The van der Waals surface area contributed by atoms with Crippen LogP contribution in [0.3, 0.4) is 0 Å². The van der Waals surface area contributed by atoms with Gasteiger partial charge in [0.1, 0.15) is 0 Å². The largest absolute Gasteiger partial charge is 0.325 e. The van der Waals surface area contributed by atoms with Gasteiger partial charge >= 0.3 is 0 Å². The van der Waals surface area contributed by atoms with Crippen LogP contribution in [-0.2, 0) is 4.79 Å². The van der Waals surface area contributed by atoms with Crippen molar-refractivity contribution in [1.29, 1.82) is 0 Å². The van der Waals surface area contributed by atoms with Crippen molar-refractivity contribution >= 4 is 11.6 Å². The first-order chi connectivity index (χ1) is 8.63. The third kappa shape index (κ3) is 3.10. The van der Waals surface area contributed by atoms with Crippen molar-refractivity contribution in [3.63, 3.8) is 0 Å². The van der Waals surface area contributed by atoms with Crippen LogP contribution < -0.4 is 10.6 Å². The van der Waals surface area contributed by atoms with Gasteiger partial charge in [0.25, 0.3) is 0 Å². The number of benzene rings is 1. The van der Waals surface area contributed by atoms with Gasteiger partial charge in [-0.05, 0) is 44.7 Å². The summed E-state index contributed by atoms with van der Waals surface area (Å²) in [5.41, 5.74) is 2.29. The molecule has 1 aliphatic carbocycles. The lowest BCUT2D eigenvalue weighted by atomic mass is 9.75. The lowest BCUT2D eigenvalue weighted by molar-refractivity contribution is -0.116. The maximum atomic E-state index is 11.8. The summed E-state index contributed by atoms with van der Waals surface area (Å²) in [5, 5.41) is 6.31. The first-order valence-corrected chi connectivity index (χ1v) is 6.75. The molecule has 18 heavy (non-hydrogen) atoms. The standard InChI is InChI=1S/C15H22N2O/c1-3-15(9-4-10-15)16-11-14(18)17-13-7-5-12(2)6-8-13/h5-8,16H,3-4,9-11H2,1-2H3,(H,17,18). The van der Waals surface area contributed by atoms with Gasteiger partial charge in [-0.15, -0.1) is 0 Å². The summed E-state index contributed by atoms with van der Waals surface area (Å²) in [6, 6.07) is 7.88. The molecule has 0 heterocycles. The third-order valence-electron chi connectivity index (χ3n) is 3.95. The zero-order valence-electron chi connectivity index (χ0n) is 11.3. The van der Waals surface area contributed by atoms with Crippen molar-refractivity contribution in [2.75, 3.05) is 11.9 Å². The van der Waals surface area contributed by atoms with Gasteiger partial charge in [-0.3, -0.25) is 4.79 Å². The zero-order valence-corrected chi connectivity index (χ0v) is 11.3. The summed E-state index contributed by atoms with van der Waals surface area (Å²) >= 11 is 0. The Labute approximate surface area is 109 Å². The maximum absolute atomic E-state index is 11.8. The molecule has 2 rings (SSSR count). The van der Waals surface area contributed by atoms with Crippen molar-refractivity contribution in [3.8, 4) is 0 Å². The molecule has 0 saturated heterocycles. The van der Waals surface area contributed by atoms with Crippen LogP contribution in [0.15, 0.2) is 24.3 Å². The lowest BCUT2D eigenvalue weighted by Crippen LogP contribution is -2.52. The predicted octanol–water partition coefficient (Wildman–Crippen LogP) is 2.86. The number of aryl methyl sites for hydroxylation is 1. The van der Waals surface area contributed by atoms with Gasteiger partial charge in [0.15, 0.2) is 0 Å². The molecule has 0 unspecified atom stereocenters. The fourth-order valence-electron chi connectivity index (χ4n) is 2.37. The van der Waals surface area contributed by atoms with E-state index in [0.29, 0.717) is 6.54 Å². The van der Waals surface area contributed by atoms with Gasteiger partial charge in [0.2, 0.25) is 5.91 Å². The molecule has 3 heteroatoms. The van der Waals surface area contributed by atoms with Crippen LogP contribution >= 0.6 is 0 Å². The van der Waals surface area contributed by atoms with E-state index in [0.717, 1.165) is 12.1 Å². The van der Waals surface area contributed by atoms with Gasteiger partial charge in [0.05, 0.1) is 6.54 Å². The SMILES string of the molecule is CCC1(NCC(=O)Nc2ccc(C)cc2)CCC1. The van der Waals surface area contributed by atoms with Crippen LogP contribution in [0.2, 0.25) is 0 Å². The highest BCUT2D eigenvalue weighted by atomic mass is 16.1. The number of hydrogen-bond acceptors (Lipinski definition) is 2. The summed E-state index contributed by atoms with van der Waals surface area (Å²) in [6.45, 7) is 4.63. The molecule has 1 aliphatic rings. The summed E-state index contributed by atoms with van der Waals surface area (Å²) < 4.78 is 0. The lowest BCUT2D eigenvalue weighted by Gasteiger charge is -2.42. The summed E-state index contributed by atoms with van der Waals surface area (Å²) in [5.74, 6) is 0.0404. The van der Waals surface area contributed by atoms with E-state index in [1.807, 2.05) is 31.2 Å². The van der Waals surface area contributed by atoms with Crippen LogP contribution in [0.5, 0.6) is 0 Å². The van der Waals surface area contributed by atoms with E-state index in [1.54, 1.807) is 0 Å². The molecular formula is C15H22N2O.